The number of imidazole rings is 2. The van der Waals surface area contributed by atoms with Gasteiger partial charge < -0.3 is 4.74 Å². The molecule has 5 nitrogen and oxygen atoms in total. The molecule has 0 aliphatic rings. The van der Waals surface area contributed by atoms with E-state index in [1.54, 1.807) is 0 Å². The van der Waals surface area contributed by atoms with Crippen LogP contribution in [0.5, 0.6) is 11.5 Å². The average Bonchev–Trinajstić information content (AvgIpc) is 3.94. The van der Waals surface area contributed by atoms with Crippen LogP contribution >= 0.6 is 0 Å². The highest BCUT2D eigenvalue weighted by Crippen LogP contribution is 2.40. The highest BCUT2D eigenvalue weighted by atomic mass is 16.5. The first-order valence-corrected chi connectivity index (χ1v) is 21.0. The van der Waals surface area contributed by atoms with E-state index in [9.17, 15) is 0 Å². The zero-order chi connectivity index (χ0) is 41.2. The summed E-state index contributed by atoms with van der Waals surface area (Å²) < 4.78 is 11.2. The molecule has 0 saturated heterocycles. The first kappa shape index (κ1) is 39.4. The summed E-state index contributed by atoms with van der Waals surface area (Å²) in [6, 6.07) is 47.3. The van der Waals surface area contributed by atoms with Crippen LogP contribution in [0.15, 0.2) is 158 Å². The van der Waals surface area contributed by atoms with Crippen molar-refractivity contribution in [3.8, 4) is 67.9 Å². The summed E-state index contributed by atoms with van der Waals surface area (Å²) in [4.78, 5) is 9.87. The fourth-order valence-corrected chi connectivity index (χ4v) is 8.20. The second-order valence-corrected chi connectivity index (χ2v) is 16.8. The number of aromatic nitrogens is 4. The second kappa shape index (κ2) is 16.8. The molecule has 0 unspecified atom stereocenters. The molecule has 0 aliphatic carbocycles. The van der Waals surface area contributed by atoms with Crippen LogP contribution in [-0.4, -0.2) is 19.1 Å². The standard InChI is InChI=1S/C54H54N4O/c1-35(2)47-31-43(39-17-11-9-12-18-39)32-48(36(3)4)51(47)57-27-25-55-53(57)41-21-15-23-45(29-41)59-46-24-16-22-42(30-46)54-56-26-28-58(54)52-49(37(5)6)33-44(34-50(52)38(7)8)40-19-13-10-14-20-40/h9-38H,1-8H3. The molecule has 0 atom stereocenters. The average molecular weight is 775 g/mol. The van der Waals surface area contributed by atoms with Crippen LogP contribution in [0.25, 0.3) is 56.4 Å². The normalized spacial score (nSPS) is 11.7. The molecule has 296 valence electrons. The molecule has 8 aromatic rings. The van der Waals surface area contributed by atoms with Gasteiger partial charge in [-0.25, -0.2) is 9.97 Å². The van der Waals surface area contributed by atoms with Crippen molar-refractivity contribution in [3.05, 3.63) is 181 Å². The van der Waals surface area contributed by atoms with Gasteiger partial charge >= 0.3 is 0 Å². The van der Waals surface area contributed by atoms with Gasteiger partial charge in [-0.2, -0.15) is 0 Å². The minimum absolute atomic E-state index is 0.307. The first-order chi connectivity index (χ1) is 28.6. The molecule has 5 heteroatoms. The van der Waals surface area contributed by atoms with Gasteiger partial charge in [-0.3, -0.25) is 9.13 Å². The van der Waals surface area contributed by atoms with Crippen LogP contribution in [-0.2, 0) is 0 Å². The summed E-state index contributed by atoms with van der Waals surface area (Å²) in [5.74, 6) is 4.47. The molecule has 0 radical (unpaired) electrons. The summed E-state index contributed by atoms with van der Waals surface area (Å²) in [5, 5.41) is 0. The molecular weight excluding hydrogens is 721 g/mol. The molecule has 0 aliphatic heterocycles. The van der Waals surface area contributed by atoms with Crippen LogP contribution in [0.1, 0.15) is 101 Å². The Labute approximate surface area is 350 Å². The van der Waals surface area contributed by atoms with Gasteiger partial charge in [0.05, 0.1) is 11.4 Å². The number of nitrogens with zero attached hydrogens (tertiary/aromatic N) is 4. The summed E-state index contributed by atoms with van der Waals surface area (Å²) >= 11 is 0. The van der Waals surface area contributed by atoms with Gasteiger partial charge in [-0.05, 0) is 117 Å². The van der Waals surface area contributed by atoms with Crippen molar-refractivity contribution in [1.29, 1.82) is 0 Å². The molecule has 6 aromatic carbocycles. The number of rotatable bonds is 12. The Balaban J connectivity index is 1.14. The lowest BCUT2D eigenvalue weighted by Crippen LogP contribution is -2.09. The summed E-state index contributed by atoms with van der Waals surface area (Å²) in [6.45, 7) is 18.2. The largest absolute Gasteiger partial charge is 0.457 e. The number of hydrogen-bond donors (Lipinski definition) is 0. The van der Waals surface area contributed by atoms with E-state index in [1.807, 2.05) is 36.7 Å². The Bertz CT molecular complexity index is 2450. The summed E-state index contributed by atoms with van der Waals surface area (Å²) in [6.07, 6.45) is 7.99. The quantitative estimate of drug-likeness (QED) is 0.124. The predicted molar refractivity (Wildman–Crippen MR) is 245 cm³/mol. The molecule has 8 rings (SSSR count). The fraction of sp³-hybridized carbons (Fsp3) is 0.222. The topological polar surface area (TPSA) is 44.9 Å². The van der Waals surface area contributed by atoms with E-state index in [4.69, 9.17) is 14.7 Å². The van der Waals surface area contributed by atoms with Crippen molar-refractivity contribution in [3.63, 3.8) is 0 Å². The smallest absolute Gasteiger partial charge is 0.144 e. The van der Waals surface area contributed by atoms with E-state index >= 15 is 0 Å². The van der Waals surface area contributed by atoms with Gasteiger partial charge in [0.25, 0.3) is 0 Å². The van der Waals surface area contributed by atoms with Gasteiger partial charge in [0.1, 0.15) is 23.1 Å². The van der Waals surface area contributed by atoms with Crippen molar-refractivity contribution >= 4 is 0 Å². The lowest BCUT2D eigenvalue weighted by atomic mass is 9.88. The zero-order valence-corrected chi connectivity index (χ0v) is 35.5. The zero-order valence-electron chi connectivity index (χ0n) is 35.5. The van der Waals surface area contributed by atoms with Crippen LogP contribution in [0.2, 0.25) is 0 Å². The van der Waals surface area contributed by atoms with E-state index in [-0.39, 0.29) is 0 Å². The van der Waals surface area contributed by atoms with Gasteiger partial charge in [0, 0.05) is 35.9 Å². The third-order valence-electron chi connectivity index (χ3n) is 11.2. The van der Waals surface area contributed by atoms with Crippen LogP contribution in [0.3, 0.4) is 0 Å². The molecule has 0 amide bonds. The van der Waals surface area contributed by atoms with Gasteiger partial charge in [-0.15, -0.1) is 0 Å². The number of ether oxygens (including phenoxy) is 1. The maximum atomic E-state index is 6.65. The van der Waals surface area contributed by atoms with E-state index < -0.39 is 0 Å². The van der Waals surface area contributed by atoms with E-state index in [0.717, 1.165) is 34.3 Å². The predicted octanol–water partition coefficient (Wildman–Crippen LogP) is 15.0. The molecule has 0 fully saturated rings. The van der Waals surface area contributed by atoms with Crippen LogP contribution in [0.4, 0.5) is 0 Å². The monoisotopic (exact) mass is 774 g/mol. The summed E-state index contributed by atoms with van der Waals surface area (Å²) in [5.41, 5.74) is 14.5. The second-order valence-electron chi connectivity index (χ2n) is 16.8. The molecule has 2 aromatic heterocycles. The first-order valence-electron chi connectivity index (χ1n) is 21.0. The molecule has 59 heavy (non-hydrogen) atoms. The molecule has 2 heterocycles. The summed E-state index contributed by atoms with van der Waals surface area (Å²) in [7, 11) is 0. The van der Waals surface area contributed by atoms with E-state index in [1.165, 1.54) is 55.9 Å². The Kier molecular flexibility index (Phi) is 11.2. The highest BCUT2D eigenvalue weighted by Gasteiger charge is 2.23. The van der Waals surface area contributed by atoms with Crippen molar-refractivity contribution in [2.45, 2.75) is 79.1 Å². The Morgan fingerprint density at radius 1 is 0.373 bits per heavy atom. The minimum atomic E-state index is 0.307. The third-order valence-corrected chi connectivity index (χ3v) is 11.2. The van der Waals surface area contributed by atoms with Gasteiger partial charge in [0.2, 0.25) is 0 Å². The van der Waals surface area contributed by atoms with E-state index in [2.05, 4.69) is 186 Å². The van der Waals surface area contributed by atoms with Crippen molar-refractivity contribution in [1.82, 2.24) is 19.1 Å². The van der Waals surface area contributed by atoms with Crippen LogP contribution in [0, 0.1) is 0 Å². The molecule has 0 spiro atoms. The van der Waals surface area contributed by atoms with Crippen molar-refractivity contribution in [2.75, 3.05) is 0 Å². The highest BCUT2D eigenvalue weighted by molar-refractivity contribution is 5.73. The van der Waals surface area contributed by atoms with Crippen LogP contribution < -0.4 is 4.74 Å². The Morgan fingerprint density at radius 2 is 0.712 bits per heavy atom. The van der Waals surface area contributed by atoms with E-state index in [0.29, 0.717) is 23.7 Å². The molecule has 0 bridgehead atoms. The number of benzene rings is 6. The third kappa shape index (κ3) is 8.03. The Morgan fingerprint density at radius 3 is 1.05 bits per heavy atom. The maximum absolute atomic E-state index is 6.65. The van der Waals surface area contributed by atoms with Crippen molar-refractivity contribution < 1.29 is 4.74 Å². The lowest BCUT2D eigenvalue weighted by Gasteiger charge is -2.24. The fourth-order valence-electron chi connectivity index (χ4n) is 8.20. The molecule has 0 saturated carbocycles. The van der Waals surface area contributed by atoms with Gasteiger partial charge in [0.15, 0.2) is 0 Å². The SMILES string of the molecule is CC(C)c1cc(-c2ccccc2)cc(C(C)C)c1-n1ccnc1-c1cccc(Oc2cccc(-c3nccn3-c3c(C(C)C)cc(-c4ccccc4)cc3C(C)C)c2)c1. The minimum Gasteiger partial charge on any atom is -0.457 e. The Hall–Kier alpha value is -6.46. The van der Waals surface area contributed by atoms with Crippen molar-refractivity contribution in [2.24, 2.45) is 0 Å². The molecule has 0 N–H and O–H groups in total. The van der Waals surface area contributed by atoms with Gasteiger partial charge in [-0.1, -0.05) is 140 Å². The lowest BCUT2D eigenvalue weighted by molar-refractivity contribution is 0.483. The number of hydrogen-bond acceptors (Lipinski definition) is 3. The maximum Gasteiger partial charge on any atom is 0.144 e. The molecular formula is C54H54N4O.